The quantitative estimate of drug-likeness (QED) is 0.455. The fourth-order valence-corrected chi connectivity index (χ4v) is 4.25. The number of fused-ring (bicyclic) bond motifs is 1. The molecule has 0 spiro atoms. The van der Waals surface area contributed by atoms with E-state index in [0.29, 0.717) is 33.5 Å². The summed E-state index contributed by atoms with van der Waals surface area (Å²) in [5.74, 6) is -0.515. The number of aromatic nitrogens is 3. The van der Waals surface area contributed by atoms with E-state index in [1.165, 1.54) is 6.20 Å². The number of carbonyl (C=O) groups excluding carboxylic acids is 1. The molecule has 0 saturated carbocycles. The molecule has 1 aliphatic rings. The summed E-state index contributed by atoms with van der Waals surface area (Å²) in [6, 6.07) is 10.7. The molecule has 0 aliphatic carbocycles. The number of anilines is 3. The second-order valence-corrected chi connectivity index (χ2v) is 8.59. The molecule has 1 amide bonds. The number of carbonyl (C=O) groups is 1. The second-order valence-electron chi connectivity index (χ2n) is 8.59. The number of nitrogens with two attached hydrogens (primary N) is 1. The van der Waals surface area contributed by atoms with Crippen LogP contribution in [0.2, 0.25) is 0 Å². The minimum absolute atomic E-state index is 0.0280. The summed E-state index contributed by atoms with van der Waals surface area (Å²) in [6.45, 7) is 3.85. The average molecular weight is 460 g/mol. The van der Waals surface area contributed by atoms with Crippen molar-refractivity contribution < 1.29 is 9.18 Å². The molecule has 1 aliphatic heterocycles. The number of nitrogen functional groups attached to an aromatic ring is 1. The molecule has 34 heavy (non-hydrogen) atoms. The summed E-state index contributed by atoms with van der Waals surface area (Å²) in [4.78, 5) is 25.9. The third-order valence-corrected chi connectivity index (χ3v) is 6.31. The smallest absolute Gasteiger partial charge is 0.275 e. The topological polar surface area (TPSA) is 92.3 Å². The highest BCUT2D eigenvalue weighted by molar-refractivity contribution is 6.04. The van der Waals surface area contributed by atoms with Gasteiger partial charge in [-0.25, -0.2) is 14.4 Å². The molecule has 3 aromatic heterocycles. The monoisotopic (exact) mass is 459 g/mol. The van der Waals surface area contributed by atoms with E-state index in [1.807, 2.05) is 36.0 Å². The Balaban J connectivity index is 1.38. The van der Waals surface area contributed by atoms with Gasteiger partial charge in [0.2, 0.25) is 0 Å². The van der Waals surface area contributed by atoms with Crippen molar-refractivity contribution in [3.05, 3.63) is 66.5 Å². The molecule has 1 saturated heterocycles. The molecule has 4 aromatic rings. The Hall–Kier alpha value is -3.98. The van der Waals surface area contributed by atoms with Gasteiger partial charge in [-0.05, 0) is 48.8 Å². The van der Waals surface area contributed by atoms with Crippen LogP contribution < -0.4 is 16.0 Å². The van der Waals surface area contributed by atoms with Crippen molar-refractivity contribution in [1.82, 2.24) is 19.4 Å². The highest BCUT2D eigenvalue weighted by Crippen LogP contribution is 2.34. The highest BCUT2D eigenvalue weighted by atomic mass is 19.1. The number of nitrogens with zero attached hydrogens (tertiary/aromatic N) is 5. The van der Waals surface area contributed by atoms with E-state index in [-0.39, 0.29) is 11.6 Å². The average Bonchev–Trinajstić information content (AvgIpc) is 3.27. The number of nitrogens with one attached hydrogen (secondary N) is 1. The first-order chi connectivity index (χ1) is 16.4. The third kappa shape index (κ3) is 4.06. The molecule has 5 rings (SSSR count). The van der Waals surface area contributed by atoms with Crippen molar-refractivity contribution in [2.24, 2.45) is 7.05 Å². The van der Waals surface area contributed by atoms with Crippen LogP contribution in [0.25, 0.3) is 22.0 Å². The molecule has 1 fully saturated rings. The van der Waals surface area contributed by atoms with Crippen LogP contribution in [0.3, 0.4) is 0 Å². The van der Waals surface area contributed by atoms with E-state index in [4.69, 9.17) is 5.73 Å². The molecule has 0 unspecified atom stereocenters. The van der Waals surface area contributed by atoms with Crippen molar-refractivity contribution in [2.45, 2.75) is 0 Å². The van der Waals surface area contributed by atoms with Crippen molar-refractivity contribution >= 4 is 33.9 Å². The van der Waals surface area contributed by atoms with Crippen molar-refractivity contribution in [1.29, 1.82) is 0 Å². The molecule has 8 nitrogen and oxygen atoms in total. The Morgan fingerprint density at radius 3 is 2.53 bits per heavy atom. The molecule has 1 aromatic carbocycles. The van der Waals surface area contributed by atoms with Crippen molar-refractivity contribution in [3.63, 3.8) is 0 Å². The van der Waals surface area contributed by atoms with Gasteiger partial charge in [0.25, 0.3) is 5.91 Å². The van der Waals surface area contributed by atoms with Gasteiger partial charge >= 0.3 is 0 Å². The van der Waals surface area contributed by atoms with Crippen LogP contribution in [0.5, 0.6) is 0 Å². The Bertz CT molecular complexity index is 1360. The Labute approximate surface area is 196 Å². The number of likely N-dealkylation sites (N-methyl/N-ethyl adjacent to an activating group) is 1. The molecule has 174 valence electrons. The maximum atomic E-state index is 14.9. The largest absolute Gasteiger partial charge is 0.396 e. The summed E-state index contributed by atoms with van der Waals surface area (Å²) in [5.41, 5.74) is 8.49. The summed E-state index contributed by atoms with van der Waals surface area (Å²) in [5, 5.41) is 3.95. The van der Waals surface area contributed by atoms with Gasteiger partial charge in [0.05, 0.1) is 23.3 Å². The molecule has 0 radical (unpaired) electrons. The van der Waals surface area contributed by atoms with Crippen LogP contribution in [0, 0.1) is 5.82 Å². The minimum atomic E-state index is -0.488. The molecular formula is C25H26FN7O. The fourth-order valence-electron chi connectivity index (χ4n) is 4.25. The number of halogens is 1. The van der Waals surface area contributed by atoms with Gasteiger partial charge in [0.15, 0.2) is 5.82 Å². The predicted molar refractivity (Wildman–Crippen MR) is 132 cm³/mol. The minimum Gasteiger partial charge on any atom is -0.396 e. The summed E-state index contributed by atoms with van der Waals surface area (Å²) >= 11 is 0. The van der Waals surface area contributed by atoms with E-state index in [9.17, 15) is 9.18 Å². The van der Waals surface area contributed by atoms with Gasteiger partial charge in [0.1, 0.15) is 11.5 Å². The van der Waals surface area contributed by atoms with Crippen LogP contribution in [-0.2, 0) is 7.05 Å². The third-order valence-electron chi connectivity index (χ3n) is 6.31. The highest BCUT2D eigenvalue weighted by Gasteiger charge is 2.18. The maximum Gasteiger partial charge on any atom is 0.275 e. The summed E-state index contributed by atoms with van der Waals surface area (Å²) in [6.07, 6.45) is 5.04. The van der Waals surface area contributed by atoms with Crippen molar-refractivity contribution in [2.75, 3.05) is 49.2 Å². The van der Waals surface area contributed by atoms with Crippen molar-refractivity contribution in [3.8, 4) is 11.3 Å². The van der Waals surface area contributed by atoms with Crippen LogP contribution >= 0.6 is 0 Å². The number of hydrogen-bond donors (Lipinski definition) is 2. The summed E-state index contributed by atoms with van der Waals surface area (Å²) < 4.78 is 16.8. The number of amides is 1. The van der Waals surface area contributed by atoms with E-state index in [0.717, 1.165) is 31.9 Å². The first-order valence-electron chi connectivity index (χ1n) is 11.1. The molecule has 4 heterocycles. The van der Waals surface area contributed by atoms with Gasteiger partial charge < -0.3 is 25.4 Å². The van der Waals surface area contributed by atoms with E-state index in [2.05, 4.69) is 32.1 Å². The predicted octanol–water partition coefficient (Wildman–Crippen LogP) is 3.36. The number of rotatable bonds is 4. The zero-order valence-corrected chi connectivity index (χ0v) is 19.1. The van der Waals surface area contributed by atoms with Crippen LogP contribution in [0.1, 0.15) is 10.5 Å². The van der Waals surface area contributed by atoms with Crippen LogP contribution in [-0.4, -0.2) is 58.6 Å². The van der Waals surface area contributed by atoms with E-state index in [1.54, 1.807) is 24.4 Å². The number of pyridine rings is 2. The lowest BCUT2D eigenvalue weighted by atomic mass is 10.0. The number of benzene rings is 1. The molecule has 0 bridgehead atoms. The van der Waals surface area contributed by atoms with Crippen LogP contribution in [0.15, 0.2) is 55.0 Å². The lowest BCUT2D eigenvalue weighted by molar-refractivity contribution is 0.102. The Kier molecular flexibility index (Phi) is 5.62. The standard InChI is InChI=1S/C25H26FN7O/c1-31-8-10-33(11-9-31)17-5-6-20(28-14-17)25(34)30-22-13-16-12-18(21-4-3-7-32(21)2)23(26)24(27)19(16)15-29-22/h3-7,12-15H,8-11,27H2,1-2H3,(H,29,30,34). The number of aryl methyl sites for hydroxylation is 1. The lowest BCUT2D eigenvalue weighted by Crippen LogP contribution is -2.44. The lowest BCUT2D eigenvalue weighted by Gasteiger charge is -2.33. The van der Waals surface area contributed by atoms with E-state index < -0.39 is 5.82 Å². The Morgan fingerprint density at radius 1 is 1.06 bits per heavy atom. The molecule has 9 heteroatoms. The maximum absolute atomic E-state index is 14.9. The van der Waals surface area contributed by atoms with E-state index >= 15 is 0 Å². The first kappa shape index (κ1) is 21.8. The zero-order valence-electron chi connectivity index (χ0n) is 19.1. The Morgan fingerprint density at radius 2 is 1.85 bits per heavy atom. The fraction of sp³-hybridized carbons (Fsp3) is 0.240. The molecule has 3 N–H and O–H groups in total. The first-order valence-corrected chi connectivity index (χ1v) is 11.1. The van der Waals surface area contributed by atoms with Gasteiger partial charge in [-0.2, -0.15) is 0 Å². The van der Waals surface area contributed by atoms with Gasteiger partial charge in [-0.3, -0.25) is 4.79 Å². The van der Waals surface area contributed by atoms with Crippen LogP contribution in [0.4, 0.5) is 21.6 Å². The van der Waals surface area contributed by atoms with Gasteiger partial charge in [-0.1, -0.05) is 0 Å². The SMILES string of the molecule is CN1CCN(c2ccc(C(=O)Nc3cc4cc(-c5cccn5C)c(F)c(N)c4cn3)nc2)CC1. The molecule has 0 atom stereocenters. The van der Waals surface area contributed by atoms with Gasteiger partial charge in [-0.15, -0.1) is 0 Å². The number of hydrogen-bond acceptors (Lipinski definition) is 6. The summed E-state index contributed by atoms with van der Waals surface area (Å²) in [7, 11) is 3.95. The molecular weight excluding hydrogens is 433 g/mol. The second kappa shape index (κ2) is 8.75. The zero-order chi connectivity index (χ0) is 23.8. The number of piperazine rings is 1. The van der Waals surface area contributed by atoms with Gasteiger partial charge in [0, 0.05) is 56.6 Å². The normalized spacial score (nSPS) is 14.5.